The highest BCUT2D eigenvalue weighted by Gasteiger charge is 2.23. The number of nitrogens with two attached hydrogens (primary N) is 1. The quantitative estimate of drug-likeness (QED) is 0.457. The normalized spacial score (nSPS) is 11.4. The highest BCUT2D eigenvalue weighted by molar-refractivity contribution is 5.71. The van der Waals surface area contributed by atoms with Crippen LogP contribution in [0.1, 0.15) is 20.8 Å². The van der Waals surface area contributed by atoms with Gasteiger partial charge in [0.25, 0.3) is 0 Å². The number of primary amides is 1. The molecular weight excluding hydrogens is 192 g/mol. The van der Waals surface area contributed by atoms with Crippen molar-refractivity contribution in [2.75, 3.05) is 32.7 Å². The molecule has 5 N–H and O–H groups in total. The van der Waals surface area contributed by atoms with E-state index < -0.39 is 6.03 Å². The van der Waals surface area contributed by atoms with Gasteiger partial charge < -0.3 is 21.7 Å². The summed E-state index contributed by atoms with van der Waals surface area (Å²) in [6, 6.07) is -0.464. The average Bonchev–Trinajstić information content (AvgIpc) is 2.21. The van der Waals surface area contributed by atoms with Crippen LogP contribution in [0.2, 0.25) is 0 Å². The Hall–Kier alpha value is -0.810. The molecule has 0 fully saturated rings. The first-order chi connectivity index (χ1) is 7.04. The number of carbonyl (C=O) groups excluding carboxylic acids is 1. The molecule has 0 aliphatic rings. The van der Waals surface area contributed by atoms with E-state index in [1.165, 1.54) is 0 Å². The Morgan fingerprint density at radius 2 is 1.60 bits per heavy atom. The van der Waals surface area contributed by atoms with Crippen molar-refractivity contribution in [3.63, 3.8) is 0 Å². The van der Waals surface area contributed by atoms with E-state index in [4.69, 9.17) is 5.73 Å². The zero-order valence-corrected chi connectivity index (χ0v) is 10.0. The van der Waals surface area contributed by atoms with E-state index in [-0.39, 0.29) is 5.41 Å². The number of rotatable bonds is 8. The van der Waals surface area contributed by atoms with Crippen molar-refractivity contribution >= 4 is 6.03 Å². The Bertz CT molecular complexity index is 176. The number of urea groups is 1. The Kier molecular flexibility index (Phi) is 7.07. The topological polar surface area (TPSA) is 79.2 Å². The first-order valence-corrected chi connectivity index (χ1v) is 5.49. The van der Waals surface area contributed by atoms with Gasteiger partial charge in [-0.15, -0.1) is 0 Å². The molecule has 0 aromatic carbocycles. The molecule has 0 saturated carbocycles. The summed E-state index contributed by atoms with van der Waals surface area (Å²) in [7, 11) is 0. The van der Waals surface area contributed by atoms with Gasteiger partial charge in [-0.2, -0.15) is 0 Å². The van der Waals surface area contributed by atoms with E-state index in [2.05, 4.69) is 36.7 Å². The van der Waals surface area contributed by atoms with Gasteiger partial charge in [-0.3, -0.25) is 0 Å². The molecule has 0 heterocycles. The van der Waals surface area contributed by atoms with Crippen LogP contribution in [0.15, 0.2) is 0 Å². The SMILES string of the molecule is CCNCC(C)(CNCC)CNC(N)=O. The van der Waals surface area contributed by atoms with E-state index in [1.807, 2.05) is 0 Å². The Morgan fingerprint density at radius 1 is 1.13 bits per heavy atom. The maximum Gasteiger partial charge on any atom is 0.312 e. The Labute approximate surface area is 92.2 Å². The summed E-state index contributed by atoms with van der Waals surface area (Å²) in [5.41, 5.74) is 5.07. The number of hydrogen-bond donors (Lipinski definition) is 4. The summed E-state index contributed by atoms with van der Waals surface area (Å²) in [5, 5.41) is 9.24. The predicted octanol–water partition coefficient (Wildman–Crippen LogP) is -0.120. The van der Waals surface area contributed by atoms with E-state index in [0.29, 0.717) is 6.54 Å². The van der Waals surface area contributed by atoms with Crippen LogP contribution in [-0.2, 0) is 0 Å². The van der Waals surface area contributed by atoms with Crippen molar-refractivity contribution in [2.24, 2.45) is 11.1 Å². The van der Waals surface area contributed by atoms with Gasteiger partial charge in [0.15, 0.2) is 0 Å². The summed E-state index contributed by atoms with van der Waals surface area (Å²) in [5.74, 6) is 0. The van der Waals surface area contributed by atoms with Gasteiger partial charge in [0, 0.05) is 25.0 Å². The molecule has 0 rings (SSSR count). The molecule has 0 aliphatic heterocycles. The van der Waals surface area contributed by atoms with Crippen LogP contribution in [0.25, 0.3) is 0 Å². The lowest BCUT2D eigenvalue weighted by atomic mass is 9.90. The fourth-order valence-electron chi connectivity index (χ4n) is 1.34. The predicted molar refractivity (Wildman–Crippen MR) is 62.8 cm³/mol. The van der Waals surface area contributed by atoms with Crippen molar-refractivity contribution in [1.82, 2.24) is 16.0 Å². The van der Waals surface area contributed by atoms with E-state index in [0.717, 1.165) is 26.2 Å². The summed E-state index contributed by atoms with van der Waals surface area (Å²) in [6.45, 7) is 10.4. The minimum Gasteiger partial charge on any atom is -0.352 e. The third kappa shape index (κ3) is 7.16. The molecule has 0 saturated heterocycles. The van der Waals surface area contributed by atoms with Gasteiger partial charge in [-0.1, -0.05) is 20.8 Å². The van der Waals surface area contributed by atoms with Crippen molar-refractivity contribution in [1.29, 1.82) is 0 Å². The lowest BCUT2D eigenvalue weighted by Gasteiger charge is -2.30. The van der Waals surface area contributed by atoms with Gasteiger partial charge >= 0.3 is 6.03 Å². The summed E-state index contributed by atoms with van der Waals surface area (Å²) < 4.78 is 0. The molecule has 15 heavy (non-hydrogen) atoms. The number of hydrogen-bond acceptors (Lipinski definition) is 3. The zero-order valence-electron chi connectivity index (χ0n) is 10.0. The molecule has 0 aliphatic carbocycles. The minimum atomic E-state index is -0.464. The standard InChI is InChI=1S/C10H24N4O/c1-4-12-6-10(3,7-13-5-2)8-14-9(11)15/h12-13H,4-8H2,1-3H3,(H3,11,14,15). The third-order valence-corrected chi connectivity index (χ3v) is 2.29. The number of carbonyl (C=O) groups is 1. The molecule has 0 bridgehead atoms. The smallest absolute Gasteiger partial charge is 0.312 e. The second-order valence-corrected chi connectivity index (χ2v) is 4.09. The largest absolute Gasteiger partial charge is 0.352 e. The first-order valence-electron chi connectivity index (χ1n) is 5.49. The molecular formula is C10H24N4O. The van der Waals surface area contributed by atoms with E-state index in [1.54, 1.807) is 0 Å². The molecule has 5 nitrogen and oxygen atoms in total. The second-order valence-electron chi connectivity index (χ2n) is 4.09. The van der Waals surface area contributed by atoms with Crippen LogP contribution in [0.5, 0.6) is 0 Å². The van der Waals surface area contributed by atoms with E-state index >= 15 is 0 Å². The van der Waals surface area contributed by atoms with Crippen LogP contribution in [-0.4, -0.2) is 38.8 Å². The fraction of sp³-hybridized carbons (Fsp3) is 0.900. The average molecular weight is 216 g/mol. The van der Waals surface area contributed by atoms with Gasteiger partial charge in [0.05, 0.1) is 0 Å². The maximum absolute atomic E-state index is 10.7. The highest BCUT2D eigenvalue weighted by Crippen LogP contribution is 2.12. The molecule has 0 spiro atoms. The molecule has 0 atom stereocenters. The summed E-state index contributed by atoms with van der Waals surface area (Å²) in [4.78, 5) is 10.7. The monoisotopic (exact) mass is 216 g/mol. The third-order valence-electron chi connectivity index (χ3n) is 2.29. The van der Waals surface area contributed by atoms with Crippen molar-refractivity contribution in [2.45, 2.75) is 20.8 Å². The summed E-state index contributed by atoms with van der Waals surface area (Å²) in [6.07, 6.45) is 0. The number of amides is 2. The molecule has 5 heteroatoms. The number of nitrogens with one attached hydrogen (secondary N) is 3. The molecule has 0 radical (unpaired) electrons. The lowest BCUT2D eigenvalue weighted by molar-refractivity contribution is 0.235. The fourth-order valence-corrected chi connectivity index (χ4v) is 1.34. The maximum atomic E-state index is 10.7. The van der Waals surface area contributed by atoms with Crippen LogP contribution in [0, 0.1) is 5.41 Å². The van der Waals surface area contributed by atoms with Gasteiger partial charge in [-0.05, 0) is 13.1 Å². The van der Waals surface area contributed by atoms with Crippen LogP contribution in [0.3, 0.4) is 0 Å². The van der Waals surface area contributed by atoms with Crippen LogP contribution in [0.4, 0.5) is 4.79 Å². The first kappa shape index (κ1) is 14.2. The van der Waals surface area contributed by atoms with Crippen molar-refractivity contribution in [3.05, 3.63) is 0 Å². The summed E-state index contributed by atoms with van der Waals surface area (Å²) >= 11 is 0. The van der Waals surface area contributed by atoms with E-state index in [9.17, 15) is 4.79 Å². The second kappa shape index (κ2) is 7.48. The molecule has 0 aromatic heterocycles. The molecule has 0 aromatic rings. The van der Waals surface area contributed by atoms with Crippen LogP contribution >= 0.6 is 0 Å². The van der Waals surface area contributed by atoms with Crippen molar-refractivity contribution < 1.29 is 4.79 Å². The van der Waals surface area contributed by atoms with Crippen molar-refractivity contribution in [3.8, 4) is 0 Å². The minimum absolute atomic E-state index is 0.00104. The lowest BCUT2D eigenvalue weighted by Crippen LogP contribution is -2.48. The van der Waals surface area contributed by atoms with Gasteiger partial charge in [0.2, 0.25) is 0 Å². The Morgan fingerprint density at radius 3 is 1.93 bits per heavy atom. The van der Waals surface area contributed by atoms with Crippen LogP contribution < -0.4 is 21.7 Å². The van der Waals surface area contributed by atoms with Gasteiger partial charge in [0.1, 0.15) is 0 Å². The molecule has 2 amide bonds. The molecule has 90 valence electrons. The Balaban J connectivity index is 4.06. The molecule has 0 unspecified atom stereocenters. The van der Waals surface area contributed by atoms with Gasteiger partial charge in [-0.25, -0.2) is 4.79 Å². The highest BCUT2D eigenvalue weighted by atomic mass is 16.2. The zero-order chi connectivity index (χ0) is 11.7.